The number of amides is 1. The topological polar surface area (TPSA) is 57.6 Å². The molecule has 2 aliphatic heterocycles. The van der Waals surface area contributed by atoms with Crippen LogP contribution in [0.5, 0.6) is 0 Å². The first kappa shape index (κ1) is 8.53. The molecule has 2 aliphatic rings. The van der Waals surface area contributed by atoms with Gasteiger partial charge in [0.05, 0.1) is 5.92 Å². The van der Waals surface area contributed by atoms with Crippen molar-refractivity contribution in [2.24, 2.45) is 5.92 Å². The number of carboxylic acids is 1. The van der Waals surface area contributed by atoms with Crippen LogP contribution in [0, 0.1) is 5.92 Å². The van der Waals surface area contributed by atoms with E-state index in [-0.39, 0.29) is 11.8 Å². The minimum Gasteiger partial charge on any atom is -0.481 e. The van der Waals surface area contributed by atoms with Gasteiger partial charge in [-0.15, -0.1) is 0 Å². The van der Waals surface area contributed by atoms with E-state index in [1.165, 1.54) is 0 Å². The highest BCUT2D eigenvalue weighted by molar-refractivity contribution is 5.80. The predicted octanol–water partition coefficient (Wildman–Crippen LogP) is 0.472. The smallest absolute Gasteiger partial charge is 0.308 e. The van der Waals surface area contributed by atoms with Crippen LogP contribution in [-0.4, -0.2) is 34.5 Å². The Hall–Kier alpha value is -1.06. The molecular weight excluding hydrogens is 170 g/mol. The van der Waals surface area contributed by atoms with Crippen LogP contribution in [0.3, 0.4) is 0 Å². The summed E-state index contributed by atoms with van der Waals surface area (Å²) in [6.07, 6.45) is 3.12. The Morgan fingerprint density at radius 3 is 2.85 bits per heavy atom. The van der Waals surface area contributed by atoms with Crippen molar-refractivity contribution in [3.05, 3.63) is 0 Å². The Morgan fingerprint density at radius 2 is 2.15 bits per heavy atom. The van der Waals surface area contributed by atoms with E-state index >= 15 is 0 Å². The Balaban J connectivity index is 2.05. The zero-order valence-corrected chi connectivity index (χ0v) is 7.40. The zero-order valence-electron chi connectivity index (χ0n) is 7.40. The second-order valence-corrected chi connectivity index (χ2v) is 3.85. The number of piperidine rings is 1. The quantitative estimate of drug-likeness (QED) is 0.643. The van der Waals surface area contributed by atoms with Crippen molar-refractivity contribution in [1.29, 1.82) is 0 Å². The lowest BCUT2D eigenvalue weighted by Gasteiger charge is -2.33. The summed E-state index contributed by atoms with van der Waals surface area (Å²) in [5.41, 5.74) is 0. The lowest BCUT2D eigenvalue weighted by atomic mass is 9.93. The molecule has 2 saturated heterocycles. The molecule has 2 atom stereocenters. The van der Waals surface area contributed by atoms with Gasteiger partial charge in [0.1, 0.15) is 0 Å². The minimum absolute atomic E-state index is 0.135. The molecule has 0 radical (unpaired) electrons. The van der Waals surface area contributed by atoms with E-state index in [2.05, 4.69) is 0 Å². The first-order chi connectivity index (χ1) is 6.18. The van der Waals surface area contributed by atoms with E-state index in [0.29, 0.717) is 19.0 Å². The fraction of sp³-hybridized carbons (Fsp3) is 0.778. The third-order valence-electron chi connectivity index (χ3n) is 3.07. The first-order valence-electron chi connectivity index (χ1n) is 4.71. The van der Waals surface area contributed by atoms with Crippen molar-refractivity contribution < 1.29 is 14.7 Å². The molecule has 13 heavy (non-hydrogen) atoms. The van der Waals surface area contributed by atoms with Gasteiger partial charge >= 0.3 is 5.97 Å². The SMILES string of the molecule is O=C(O)[C@@H]1CC[C@H]2CCC(=O)N2C1. The highest BCUT2D eigenvalue weighted by atomic mass is 16.4. The van der Waals surface area contributed by atoms with Crippen LogP contribution in [0.2, 0.25) is 0 Å². The molecule has 0 aromatic carbocycles. The monoisotopic (exact) mass is 183 g/mol. The molecule has 0 bridgehead atoms. The molecule has 0 unspecified atom stereocenters. The lowest BCUT2D eigenvalue weighted by molar-refractivity contribution is -0.145. The number of aliphatic carboxylic acids is 1. The second kappa shape index (κ2) is 3.01. The van der Waals surface area contributed by atoms with Crippen LogP contribution in [-0.2, 0) is 9.59 Å². The number of nitrogens with zero attached hydrogens (tertiary/aromatic N) is 1. The number of carbonyl (C=O) groups excluding carboxylic acids is 1. The largest absolute Gasteiger partial charge is 0.481 e. The number of carboxylic acid groups (broad SMARTS) is 1. The van der Waals surface area contributed by atoms with Gasteiger partial charge in [-0.25, -0.2) is 0 Å². The van der Waals surface area contributed by atoms with E-state index < -0.39 is 5.97 Å². The van der Waals surface area contributed by atoms with Crippen molar-refractivity contribution in [2.75, 3.05) is 6.54 Å². The summed E-state index contributed by atoms with van der Waals surface area (Å²) < 4.78 is 0. The van der Waals surface area contributed by atoms with Gasteiger partial charge in [0.25, 0.3) is 0 Å². The lowest BCUT2D eigenvalue weighted by Crippen LogP contribution is -2.43. The third-order valence-corrected chi connectivity index (χ3v) is 3.07. The van der Waals surface area contributed by atoms with Crippen LogP contribution in [0.25, 0.3) is 0 Å². The number of rotatable bonds is 1. The molecule has 2 heterocycles. The first-order valence-corrected chi connectivity index (χ1v) is 4.71. The zero-order chi connectivity index (χ0) is 9.42. The highest BCUT2D eigenvalue weighted by Gasteiger charge is 2.38. The number of hydrogen-bond acceptors (Lipinski definition) is 2. The molecule has 2 rings (SSSR count). The maximum atomic E-state index is 11.3. The molecule has 0 saturated carbocycles. The fourth-order valence-corrected chi connectivity index (χ4v) is 2.27. The van der Waals surface area contributed by atoms with E-state index in [4.69, 9.17) is 5.11 Å². The average molecular weight is 183 g/mol. The van der Waals surface area contributed by atoms with Crippen molar-refractivity contribution >= 4 is 11.9 Å². The van der Waals surface area contributed by atoms with Gasteiger partial charge in [0, 0.05) is 19.0 Å². The molecule has 0 aliphatic carbocycles. The van der Waals surface area contributed by atoms with Crippen molar-refractivity contribution in [3.8, 4) is 0 Å². The molecule has 4 nitrogen and oxygen atoms in total. The van der Waals surface area contributed by atoms with Gasteiger partial charge in [-0.2, -0.15) is 0 Å². The summed E-state index contributed by atoms with van der Waals surface area (Å²) in [6.45, 7) is 0.429. The van der Waals surface area contributed by atoms with Gasteiger partial charge in [0.2, 0.25) is 5.91 Å². The Labute approximate surface area is 76.5 Å². The van der Waals surface area contributed by atoms with Crippen molar-refractivity contribution in [1.82, 2.24) is 4.90 Å². The highest BCUT2D eigenvalue weighted by Crippen LogP contribution is 2.30. The molecule has 4 heteroatoms. The Morgan fingerprint density at radius 1 is 1.38 bits per heavy atom. The van der Waals surface area contributed by atoms with Gasteiger partial charge in [-0.3, -0.25) is 9.59 Å². The van der Waals surface area contributed by atoms with Crippen molar-refractivity contribution in [3.63, 3.8) is 0 Å². The summed E-state index contributed by atoms with van der Waals surface area (Å²) in [6, 6.07) is 0.336. The standard InChI is InChI=1S/C9H13NO3/c11-8-4-3-7-2-1-6(9(12)13)5-10(7)8/h6-7H,1-5H2,(H,12,13)/t6-,7+/m1/s1. The van der Waals surface area contributed by atoms with Gasteiger partial charge in [-0.1, -0.05) is 0 Å². The summed E-state index contributed by atoms with van der Waals surface area (Å²) in [4.78, 5) is 23.8. The average Bonchev–Trinajstić information content (AvgIpc) is 2.47. The molecule has 0 aromatic rings. The summed E-state index contributed by atoms with van der Waals surface area (Å²) in [5.74, 6) is -0.965. The Kier molecular flexibility index (Phi) is 1.98. The number of carbonyl (C=O) groups is 2. The van der Waals surface area contributed by atoms with Crippen LogP contribution in [0.15, 0.2) is 0 Å². The Bertz CT molecular complexity index is 251. The van der Waals surface area contributed by atoms with Crippen LogP contribution in [0.4, 0.5) is 0 Å². The van der Waals surface area contributed by atoms with E-state index in [0.717, 1.165) is 19.3 Å². The van der Waals surface area contributed by atoms with Crippen LogP contribution < -0.4 is 0 Å². The molecule has 0 aromatic heterocycles. The predicted molar refractivity (Wildman–Crippen MR) is 45.1 cm³/mol. The van der Waals surface area contributed by atoms with Gasteiger partial charge in [-0.05, 0) is 19.3 Å². The molecular formula is C9H13NO3. The van der Waals surface area contributed by atoms with Crippen LogP contribution >= 0.6 is 0 Å². The summed E-state index contributed by atoms with van der Waals surface area (Å²) >= 11 is 0. The summed E-state index contributed by atoms with van der Waals surface area (Å²) in [7, 11) is 0. The molecule has 72 valence electrons. The fourth-order valence-electron chi connectivity index (χ4n) is 2.27. The third kappa shape index (κ3) is 1.41. The maximum absolute atomic E-state index is 11.3. The normalized spacial score (nSPS) is 33.2. The van der Waals surface area contributed by atoms with E-state index in [1.54, 1.807) is 4.90 Å². The van der Waals surface area contributed by atoms with Crippen LogP contribution in [0.1, 0.15) is 25.7 Å². The molecule has 0 spiro atoms. The van der Waals surface area contributed by atoms with E-state index in [9.17, 15) is 9.59 Å². The molecule has 2 fully saturated rings. The van der Waals surface area contributed by atoms with Gasteiger partial charge in [0.15, 0.2) is 0 Å². The maximum Gasteiger partial charge on any atom is 0.308 e. The number of fused-ring (bicyclic) bond motifs is 1. The molecule has 1 N–H and O–H groups in total. The minimum atomic E-state index is -0.766. The molecule has 1 amide bonds. The number of hydrogen-bond donors (Lipinski definition) is 1. The summed E-state index contributed by atoms with van der Waals surface area (Å²) in [5, 5.41) is 8.81. The second-order valence-electron chi connectivity index (χ2n) is 3.85. The van der Waals surface area contributed by atoms with Crippen molar-refractivity contribution in [2.45, 2.75) is 31.7 Å². The van der Waals surface area contributed by atoms with E-state index in [1.807, 2.05) is 0 Å². The van der Waals surface area contributed by atoms with Gasteiger partial charge < -0.3 is 10.0 Å².